The molecule has 1 amide bonds. The second kappa shape index (κ2) is 10.1. The predicted molar refractivity (Wildman–Crippen MR) is 127 cm³/mol. The van der Waals surface area contributed by atoms with E-state index in [1.165, 1.54) is 36.8 Å². The zero-order chi connectivity index (χ0) is 25.2. The van der Waals surface area contributed by atoms with Crippen molar-refractivity contribution in [2.75, 3.05) is 37.4 Å². The molecule has 12 heteroatoms. The molecule has 1 aromatic carbocycles. The first kappa shape index (κ1) is 24.7. The Morgan fingerprint density at radius 2 is 1.89 bits per heavy atom. The van der Waals surface area contributed by atoms with Gasteiger partial charge in [-0.05, 0) is 44.4 Å². The molecule has 0 bridgehead atoms. The number of nitrogens with one attached hydrogen (secondary N) is 1. The Hall–Kier alpha value is -3.41. The van der Waals surface area contributed by atoms with E-state index in [0.29, 0.717) is 35.7 Å². The van der Waals surface area contributed by atoms with Gasteiger partial charge in [-0.1, -0.05) is 0 Å². The van der Waals surface area contributed by atoms with Crippen LogP contribution in [0.15, 0.2) is 55.2 Å². The summed E-state index contributed by atoms with van der Waals surface area (Å²) in [5, 5.41) is 13.2. The number of halogens is 3. The SMILES string of the molecule is CN(C)[C@H]1CN(c2ncc(C(=O)Nc3ccc(OC(F)(F)Cl)cc3)cc2-c2cncnc2)C[C@@H]1O. The predicted octanol–water partition coefficient (Wildman–Crippen LogP) is 3.07. The van der Waals surface area contributed by atoms with Crippen LogP contribution in [0.1, 0.15) is 10.4 Å². The average molecular weight is 505 g/mol. The number of pyridine rings is 1. The van der Waals surface area contributed by atoms with Crippen molar-refractivity contribution >= 4 is 29.0 Å². The summed E-state index contributed by atoms with van der Waals surface area (Å²) < 4.78 is 29.8. The topological polar surface area (TPSA) is 104 Å². The first-order valence-electron chi connectivity index (χ1n) is 10.6. The van der Waals surface area contributed by atoms with Gasteiger partial charge in [0.15, 0.2) is 0 Å². The standard InChI is InChI=1S/C23H23ClF2N6O3/c1-31(2)19-11-32(12-20(19)33)21-18(15-8-27-13-28-9-15)7-14(10-29-21)22(34)30-16-3-5-17(6-4-16)35-23(24,25)26/h3-10,13,19-20,33H,11-12H2,1-2H3,(H,30,34)/t19-,20-/m0/s1. The number of nitrogens with zero attached hydrogens (tertiary/aromatic N) is 5. The number of carbonyl (C=O) groups is 1. The minimum Gasteiger partial charge on any atom is -0.420 e. The molecule has 0 saturated carbocycles. The second-order valence-electron chi connectivity index (χ2n) is 8.25. The molecule has 0 unspecified atom stereocenters. The van der Waals surface area contributed by atoms with E-state index in [0.717, 1.165) is 0 Å². The number of aliphatic hydroxyl groups is 1. The maximum atomic E-state index is 12.9. The molecule has 4 rings (SSSR count). The molecule has 35 heavy (non-hydrogen) atoms. The highest BCUT2D eigenvalue weighted by Crippen LogP contribution is 2.32. The minimum atomic E-state index is -3.83. The number of β-amino-alcohol motifs (C(OH)–C–C–N with tert-alkyl or cyclic N) is 1. The van der Waals surface area contributed by atoms with Gasteiger partial charge in [0, 0.05) is 60.1 Å². The van der Waals surface area contributed by atoms with Crippen molar-refractivity contribution in [3.05, 3.63) is 60.8 Å². The number of aromatic nitrogens is 3. The van der Waals surface area contributed by atoms with E-state index in [1.807, 2.05) is 23.9 Å². The van der Waals surface area contributed by atoms with Gasteiger partial charge < -0.3 is 25.0 Å². The van der Waals surface area contributed by atoms with E-state index in [-0.39, 0.29) is 17.4 Å². The fraction of sp³-hybridized carbons (Fsp3) is 0.304. The number of aliphatic hydroxyl groups excluding tert-OH is 1. The number of rotatable bonds is 7. The van der Waals surface area contributed by atoms with E-state index >= 15 is 0 Å². The van der Waals surface area contributed by atoms with Gasteiger partial charge in [0.05, 0.1) is 17.7 Å². The largest absolute Gasteiger partial charge is 0.487 e. The number of likely N-dealkylation sites (N-methyl/N-ethyl adjacent to an activating group) is 1. The number of amides is 1. The molecule has 0 radical (unpaired) electrons. The molecule has 1 saturated heterocycles. The number of benzene rings is 1. The summed E-state index contributed by atoms with van der Waals surface area (Å²) in [6, 6.07) is 6.97. The molecule has 1 aliphatic heterocycles. The minimum absolute atomic E-state index is 0.0645. The average Bonchev–Trinajstić information content (AvgIpc) is 3.21. The summed E-state index contributed by atoms with van der Waals surface area (Å²) in [5.41, 5.74) is -1.89. The highest BCUT2D eigenvalue weighted by atomic mass is 35.5. The first-order chi connectivity index (χ1) is 16.6. The Kier molecular flexibility index (Phi) is 7.10. The van der Waals surface area contributed by atoms with Gasteiger partial charge >= 0.3 is 5.57 Å². The van der Waals surface area contributed by atoms with Gasteiger partial charge in [0.25, 0.3) is 5.91 Å². The van der Waals surface area contributed by atoms with Gasteiger partial charge in [-0.2, -0.15) is 0 Å². The van der Waals surface area contributed by atoms with Crippen LogP contribution in [-0.2, 0) is 0 Å². The van der Waals surface area contributed by atoms with E-state index < -0.39 is 17.6 Å². The van der Waals surface area contributed by atoms with Gasteiger partial charge in [-0.15, -0.1) is 8.78 Å². The van der Waals surface area contributed by atoms with Crippen molar-refractivity contribution in [3.8, 4) is 16.9 Å². The second-order valence-corrected chi connectivity index (χ2v) is 8.69. The van der Waals surface area contributed by atoms with Crippen molar-refractivity contribution in [1.82, 2.24) is 19.9 Å². The molecular weight excluding hydrogens is 482 g/mol. The normalized spacial score (nSPS) is 18.1. The third-order valence-corrected chi connectivity index (χ3v) is 5.65. The zero-order valence-electron chi connectivity index (χ0n) is 18.9. The number of hydrogen-bond donors (Lipinski definition) is 2. The monoisotopic (exact) mass is 504 g/mol. The third kappa shape index (κ3) is 5.99. The molecule has 3 aromatic rings. The summed E-state index contributed by atoms with van der Waals surface area (Å²) in [4.78, 5) is 29.5. The fourth-order valence-electron chi connectivity index (χ4n) is 3.88. The quantitative estimate of drug-likeness (QED) is 0.473. The van der Waals surface area contributed by atoms with E-state index in [1.54, 1.807) is 18.5 Å². The smallest absolute Gasteiger partial charge is 0.420 e. The van der Waals surface area contributed by atoms with Crippen molar-refractivity contribution in [3.63, 3.8) is 0 Å². The van der Waals surface area contributed by atoms with Gasteiger partial charge in [-0.3, -0.25) is 4.79 Å². The van der Waals surface area contributed by atoms with Crippen LogP contribution in [0, 0.1) is 0 Å². The van der Waals surface area contributed by atoms with Crippen LogP contribution in [0.5, 0.6) is 5.75 Å². The third-order valence-electron chi connectivity index (χ3n) is 5.57. The lowest BCUT2D eigenvalue weighted by Gasteiger charge is -2.23. The number of hydrogen-bond acceptors (Lipinski definition) is 8. The Morgan fingerprint density at radius 3 is 2.49 bits per heavy atom. The van der Waals surface area contributed by atoms with E-state index in [2.05, 4.69) is 25.0 Å². The van der Waals surface area contributed by atoms with Crippen molar-refractivity contribution < 1.29 is 23.4 Å². The van der Waals surface area contributed by atoms with Crippen LogP contribution in [-0.4, -0.2) is 75.8 Å². The van der Waals surface area contributed by atoms with Crippen LogP contribution >= 0.6 is 11.6 Å². The van der Waals surface area contributed by atoms with Crippen LogP contribution in [0.25, 0.3) is 11.1 Å². The Bertz CT molecular complexity index is 1180. The van der Waals surface area contributed by atoms with E-state index in [4.69, 9.17) is 11.6 Å². The van der Waals surface area contributed by atoms with Crippen LogP contribution in [0.3, 0.4) is 0 Å². The lowest BCUT2D eigenvalue weighted by atomic mass is 10.1. The van der Waals surface area contributed by atoms with Gasteiger partial charge in [0.2, 0.25) is 0 Å². The van der Waals surface area contributed by atoms with Crippen LogP contribution in [0.2, 0.25) is 0 Å². The molecule has 184 valence electrons. The Morgan fingerprint density at radius 1 is 1.20 bits per heavy atom. The number of alkyl halides is 3. The van der Waals surface area contributed by atoms with Crippen LogP contribution < -0.4 is 15.0 Å². The Labute approximate surface area is 205 Å². The summed E-state index contributed by atoms with van der Waals surface area (Å²) >= 11 is 4.77. The Balaban J connectivity index is 1.59. The van der Waals surface area contributed by atoms with Crippen molar-refractivity contribution in [2.24, 2.45) is 0 Å². The molecule has 9 nitrogen and oxygen atoms in total. The molecule has 1 fully saturated rings. The maximum absolute atomic E-state index is 12.9. The number of ether oxygens (including phenoxy) is 1. The summed E-state index contributed by atoms with van der Waals surface area (Å²) in [5.74, 6) is -0.00131. The highest BCUT2D eigenvalue weighted by Gasteiger charge is 2.34. The fourth-order valence-corrected chi connectivity index (χ4v) is 3.97. The molecular formula is C23H23ClF2N6O3. The van der Waals surface area contributed by atoms with Crippen LogP contribution in [0.4, 0.5) is 20.3 Å². The lowest BCUT2D eigenvalue weighted by molar-refractivity contribution is -0.0964. The van der Waals surface area contributed by atoms with Crippen molar-refractivity contribution in [1.29, 1.82) is 0 Å². The molecule has 2 N–H and O–H groups in total. The molecule has 3 heterocycles. The highest BCUT2D eigenvalue weighted by molar-refractivity contribution is 6.20. The maximum Gasteiger partial charge on any atom is 0.487 e. The number of anilines is 2. The first-order valence-corrected chi connectivity index (χ1v) is 11.0. The van der Waals surface area contributed by atoms with Crippen molar-refractivity contribution in [2.45, 2.75) is 17.7 Å². The van der Waals surface area contributed by atoms with E-state index in [9.17, 15) is 18.7 Å². The molecule has 0 spiro atoms. The summed E-state index contributed by atoms with van der Waals surface area (Å²) in [6.45, 7) is 0.945. The number of carbonyl (C=O) groups excluding carboxylic acids is 1. The summed E-state index contributed by atoms with van der Waals surface area (Å²) in [7, 11) is 3.81. The molecule has 2 aromatic heterocycles. The van der Waals surface area contributed by atoms with Gasteiger partial charge in [0.1, 0.15) is 17.9 Å². The summed E-state index contributed by atoms with van der Waals surface area (Å²) in [6.07, 6.45) is 5.54. The zero-order valence-corrected chi connectivity index (χ0v) is 19.7. The molecule has 2 atom stereocenters. The van der Waals surface area contributed by atoms with Gasteiger partial charge in [-0.25, -0.2) is 15.0 Å². The molecule has 1 aliphatic rings. The molecule has 0 aliphatic carbocycles. The lowest BCUT2D eigenvalue weighted by Crippen LogP contribution is -2.38.